The van der Waals surface area contributed by atoms with E-state index in [1.807, 2.05) is 12.1 Å². The van der Waals surface area contributed by atoms with Crippen molar-refractivity contribution in [2.75, 3.05) is 13.1 Å². The molecule has 2 heterocycles. The van der Waals surface area contributed by atoms with E-state index in [-0.39, 0.29) is 0 Å². The zero-order chi connectivity index (χ0) is 13.2. The van der Waals surface area contributed by atoms with E-state index >= 15 is 0 Å². The molecule has 4 nitrogen and oxygen atoms in total. The molecule has 0 spiro atoms. The molecule has 0 bridgehead atoms. The molecule has 1 aliphatic rings. The fourth-order valence-electron chi connectivity index (χ4n) is 2.93. The summed E-state index contributed by atoms with van der Waals surface area (Å²) in [7, 11) is 0. The van der Waals surface area contributed by atoms with Crippen molar-refractivity contribution in [1.29, 1.82) is 0 Å². The predicted octanol–water partition coefficient (Wildman–Crippen LogP) is 2.12. The molecule has 1 unspecified atom stereocenters. The lowest BCUT2D eigenvalue weighted by molar-refractivity contribution is 0.163. The molecular weight excluding hydrogens is 236 g/mol. The van der Waals surface area contributed by atoms with Gasteiger partial charge < -0.3 is 10.7 Å². The van der Waals surface area contributed by atoms with E-state index in [0.29, 0.717) is 12.0 Å². The van der Waals surface area contributed by atoms with E-state index in [4.69, 9.17) is 5.73 Å². The zero-order valence-corrected chi connectivity index (χ0v) is 11.5. The number of hydrogen-bond acceptors (Lipinski definition) is 3. The highest BCUT2D eigenvalue weighted by Gasteiger charge is 2.22. The second kappa shape index (κ2) is 5.31. The minimum atomic E-state index is 0.327. The third-order valence-corrected chi connectivity index (χ3v) is 4.19. The Kier molecular flexibility index (Phi) is 3.53. The van der Waals surface area contributed by atoms with Gasteiger partial charge in [-0.2, -0.15) is 0 Å². The first-order chi connectivity index (χ1) is 9.22. The van der Waals surface area contributed by atoms with E-state index in [2.05, 4.69) is 33.9 Å². The first-order valence-electron chi connectivity index (χ1n) is 7.14. The number of hydrogen-bond donors (Lipinski definition) is 2. The number of nitrogens with zero attached hydrogens (tertiary/aromatic N) is 2. The largest absolute Gasteiger partial charge is 0.341 e. The van der Waals surface area contributed by atoms with Gasteiger partial charge in [0.25, 0.3) is 0 Å². The molecule has 102 valence electrons. The number of piperidine rings is 1. The Balaban J connectivity index is 1.63. The van der Waals surface area contributed by atoms with Gasteiger partial charge in [0.15, 0.2) is 0 Å². The van der Waals surface area contributed by atoms with Crippen LogP contribution in [0.5, 0.6) is 0 Å². The molecule has 1 aromatic heterocycles. The minimum Gasteiger partial charge on any atom is -0.341 e. The van der Waals surface area contributed by atoms with Crippen molar-refractivity contribution < 1.29 is 0 Å². The molecule has 2 aromatic rings. The maximum absolute atomic E-state index is 5.98. The highest BCUT2D eigenvalue weighted by Crippen LogP contribution is 2.21. The van der Waals surface area contributed by atoms with Crippen molar-refractivity contribution in [3.8, 4) is 0 Å². The molecular formula is C15H22N4. The standard InChI is InChI=1S/C15H22N4/c1-11(16)12-6-8-19(9-7-12)10-15-17-13-4-2-3-5-14(13)18-15/h2-5,11-12H,6-10,16H2,1H3,(H,17,18). The third-order valence-electron chi connectivity index (χ3n) is 4.19. The smallest absolute Gasteiger partial charge is 0.121 e. The van der Waals surface area contributed by atoms with Crippen molar-refractivity contribution in [2.24, 2.45) is 11.7 Å². The lowest BCUT2D eigenvalue weighted by atomic mass is 9.91. The zero-order valence-electron chi connectivity index (χ0n) is 11.5. The van der Waals surface area contributed by atoms with Gasteiger partial charge in [-0.05, 0) is 50.9 Å². The summed E-state index contributed by atoms with van der Waals surface area (Å²) in [6, 6.07) is 8.53. The van der Waals surface area contributed by atoms with Gasteiger partial charge in [0.1, 0.15) is 5.82 Å². The number of benzene rings is 1. The number of para-hydroxylation sites is 2. The van der Waals surface area contributed by atoms with Gasteiger partial charge in [-0.1, -0.05) is 12.1 Å². The average Bonchev–Trinajstić information content (AvgIpc) is 2.81. The number of aromatic nitrogens is 2. The summed E-state index contributed by atoms with van der Waals surface area (Å²) in [5.41, 5.74) is 8.17. The van der Waals surface area contributed by atoms with Gasteiger partial charge in [0.2, 0.25) is 0 Å². The monoisotopic (exact) mass is 258 g/mol. The van der Waals surface area contributed by atoms with E-state index in [1.165, 1.54) is 12.8 Å². The Hall–Kier alpha value is -1.39. The Bertz CT molecular complexity index is 505. The van der Waals surface area contributed by atoms with Crippen LogP contribution >= 0.6 is 0 Å². The normalized spacial score (nSPS) is 19.9. The molecule has 3 rings (SSSR count). The number of likely N-dealkylation sites (tertiary alicyclic amines) is 1. The number of imidazole rings is 1. The van der Waals surface area contributed by atoms with Crippen LogP contribution in [0.25, 0.3) is 11.0 Å². The van der Waals surface area contributed by atoms with Crippen LogP contribution in [0.1, 0.15) is 25.6 Å². The first-order valence-corrected chi connectivity index (χ1v) is 7.14. The van der Waals surface area contributed by atoms with Crippen molar-refractivity contribution in [1.82, 2.24) is 14.9 Å². The highest BCUT2D eigenvalue weighted by atomic mass is 15.2. The fraction of sp³-hybridized carbons (Fsp3) is 0.533. The number of nitrogens with one attached hydrogen (secondary N) is 1. The van der Waals surface area contributed by atoms with E-state index in [1.54, 1.807) is 0 Å². The molecule has 4 heteroatoms. The Labute approximate surface area is 114 Å². The summed E-state index contributed by atoms with van der Waals surface area (Å²) < 4.78 is 0. The van der Waals surface area contributed by atoms with Crippen LogP contribution in [0, 0.1) is 5.92 Å². The summed E-state index contributed by atoms with van der Waals surface area (Å²) in [6.45, 7) is 5.30. The Morgan fingerprint density at radius 3 is 2.79 bits per heavy atom. The maximum atomic E-state index is 5.98. The van der Waals surface area contributed by atoms with Gasteiger partial charge in [0.05, 0.1) is 17.6 Å². The summed E-state index contributed by atoms with van der Waals surface area (Å²) in [6.07, 6.45) is 2.41. The fourth-order valence-corrected chi connectivity index (χ4v) is 2.93. The van der Waals surface area contributed by atoms with Crippen LogP contribution in [-0.4, -0.2) is 34.0 Å². The third kappa shape index (κ3) is 2.80. The van der Waals surface area contributed by atoms with Gasteiger partial charge in [-0.15, -0.1) is 0 Å². The summed E-state index contributed by atoms with van der Waals surface area (Å²) >= 11 is 0. The maximum Gasteiger partial charge on any atom is 0.121 e. The molecule has 1 aliphatic heterocycles. The molecule has 0 saturated carbocycles. The second-order valence-electron chi connectivity index (χ2n) is 5.67. The predicted molar refractivity (Wildman–Crippen MR) is 77.7 cm³/mol. The molecule has 1 aromatic carbocycles. The highest BCUT2D eigenvalue weighted by molar-refractivity contribution is 5.74. The number of fused-ring (bicyclic) bond motifs is 1. The molecule has 1 atom stereocenters. The quantitative estimate of drug-likeness (QED) is 0.886. The number of H-pyrrole nitrogens is 1. The van der Waals surface area contributed by atoms with Crippen molar-refractivity contribution in [3.05, 3.63) is 30.1 Å². The van der Waals surface area contributed by atoms with Crippen LogP contribution in [-0.2, 0) is 6.54 Å². The van der Waals surface area contributed by atoms with E-state index < -0.39 is 0 Å². The molecule has 1 fully saturated rings. The van der Waals surface area contributed by atoms with Gasteiger partial charge >= 0.3 is 0 Å². The van der Waals surface area contributed by atoms with Crippen LogP contribution in [0.3, 0.4) is 0 Å². The summed E-state index contributed by atoms with van der Waals surface area (Å²) in [4.78, 5) is 10.5. The van der Waals surface area contributed by atoms with Crippen LogP contribution in [0.4, 0.5) is 0 Å². The molecule has 3 N–H and O–H groups in total. The van der Waals surface area contributed by atoms with Crippen LogP contribution in [0.15, 0.2) is 24.3 Å². The van der Waals surface area contributed by atoms with Crippen molar-refractivity contribution >= 4 is 11.0 Å². The SMILES string of the molecule is CC(N)C1CCN(Cc2nc3ccccc3[nH]2)CC1. The summed E-state index contributed by atoms with van der Waals surface area (Å²) in [5, 5.41) is 0. The number of aromatic amines is 1. The second-order valence-corrected chi connectivity index (χ2v) is 5.67. The molecule has 1 saturated heterocycles. The first kappa shape index (κ1) is 12.6. The molecule has 0 amide bonds. The minimum absolute atomic E-state index is 0.327. The van der Waals surface area contributed by atoms with E-state index in [0.717, 1.165) is 36.5 Å². The lowest BCUT2D eigenvalue weighted by Crippen LogP contribution is -2.39. The molecule has 0 radical (unpaired) electrons. The Morgan fingerprint density at radius 1 is 1.37 bits per heavy atom. The van der Waals surface area contributed by atoms with Crippen molar-refractivity contribution in [3.63, 3.8) is 0 Å². The van der Waals surface area contributed by atoms with E-state index in [9.17, 15) is 0 Å². The molecule has 19 heavy (non-hydrogen) atoms. The van der Waals surface area contributed by atoms with Gasteiger partial charge in [-0.25, -0.2) is 4.98 Å². The Morgan fingerprint density at radius 2 is 2.11 bits per heavy atom. The van der Waals surface area contributed by atoms with Gasteiger partial charge in [-0.3, -0.25) is 4.90 Å². The summed E-state index contributed by atoms with van der Waals surface area (Å²) in [5.74, 6) is 1.76. The average molecular weight is 258 g/mol. The topological polar surface area (TPSA) is 57.9 Å². The molecule has 0 aliphatic carbocycles. The van der Waals surface area contributed by atoms with Crippen LogP contribution in [0.2, 0.25) is 0 Å². The number of rotatable bonds is 3. The van der Waals surface area contributed by atoms with Crippen molar-refractivity contribution in [2.45, 2.75) is 32.4 Å². The number of nitrogens with two attached hydrogens (primary N) is 1. The lowest BCUT2D eigenvalue weighted by Gasteiger charge is -2.33. The van der Waals surface area contributed by atoms with Crippen LogP contribution < -0.4 is 5.73 Å². The van der Waals surface area contributed by atoms with Gasteiger partial charge in [0, 0.05) is 6.04 Å².